The maximum atomic E-state index is 11.0. The fourth-order valence-electron chi connectivity index (χ4n) is 0.621. The molecule has 0 aliphatic carbocycles. The fraction of sp³-hybridized carbons (Fsp3) is 0.333. The molecule has 0 atom stereocenters. The Bertz CT molecular complexity index is 294. The minimum Gasteiger partial charge on any atom is -0.458 e. The molecule has 16 heavy (non-hydrogen) atoms. The van der Waals surface area contributed by atoms with Gasteiger partial charge in [-0.05, 0) is 25.0 Å². The average molecular weight is 224 g/mol. The number of carbonyl (C=O) groups is 2. The molecule has 0 amide bonds. The maximum absolute atomic E-state index is 11.0. The van der Waals surface area contributed by atoms with E-state index in [0.29, 0.717) is 0 Å². The van der Waals surface area contributed by atoms with Crippen molar-refractivity contribution in [3.8, 4) is 0 Å². The van der Waals surface area contributed by atoms with Crippen molar-refractivity contribution in [2.75, 3.05) is 13.2 Å². The fourth-order valence-corrected chi connectivity index (χ4v) is 0.621. The highest BCUT2D eigenvalue weighted by molar-refractivity contribution is 5.91. The van der Waals surface area contributed by atoms with Gasteiger partial charge in [0.05, 0.1) is 0 Å². The molecule has 0 aliphatic heterocycles. The number of hydrogen-bond donors (Lipinski definition) is 0. The van der Waals surface area contributed by atoms with Gasteiger partial charge < -0.3 is 9.47 Å². The molecule has 0 rings (SSSR count). The van der Waals surface area contributed by atoms with Gasteiger partial charge in [0.15, 0.2) is 0 Å². The Kier molecular flexibility index (Phi) is 6.59. The van der Waals surface area contributed by atoms with E-state index >= 15 is 0 Å². The Morgan fingerprint density at radius 2 is 1.25 bits per heavy atom. The summed E-state index contributed by atoms with van der Waals surface area (Å²) < 4.78 is 9.46. The van der Waals surface area contributed by atoms with Crippen molar-refractivity contribution in [2.24, 2.45) is 0 Å². The van der Waals surface area contributed by atoms with Crippen LogP contribution in [0.3, 0.4) is 0 Å². The van der Waals surface area contributed by atoms with Crippen LogP contribution in [0, 0.1) is 0 Å². The van der Waals surface area contributed by atoms with Crippen LogP contribution in [0.5, 0.6) is 0 Å². The summed E-state index contributed by atoms with van der Waals surface area (Å²) in [5.74, 6) is -1.20. The van der Waals surface area contributed by atoms with E-state index in [1.807, 2.05) is 0 Å². The van der Waals surface area contributed by atoms with E-state index in [-0.39, 0.29) is 13.2 Å². The molecular weight excluding hydrogens is 208 g/mol. The first-order chi connectivity index (χ1) is 7.41. The Labute approximate surface area is 95.2 Å². The zero-order chi connectivity index (χ0) is 12.6. The third kappa shape index (κ3) is 8.74. The molecule has 4 heteroatoms. The van der Waals surface area contributed by atoms with Crippen LogP contribution in [0.2, 0.25) is 0 Å². The number of rotatable bonds is 6. The molecule has 0 aromatic heterocycles. The average Bonchev–Trinajstić information content (AvgIpc) is 2.20. The SMILES string of the molecule is C=C(C)COC(=O)/C=C/C(=O)OCC(=C)C. The van der Waals surface area contributed by atoms with Crippen LogP contribution in [0.1, 0.15) is 13.8 Å². The standard InChI is InChI=1S/C12H16O4/c1-9(2)7-15-11(13)5-6-12(14)16-8-10(3)4/h5-6H,1,3,7-8H2,2,4H3/b6-5+. The summed E-state index contributed by atoms with van der Waals surface area (Å²) in [5.41, 5.74) is 1.46. The van der Waals surface area contributed by atoms with E-state index in [4.69, 9.17) is 9.47 Å². The Morgan fingerprint density at radius 1 is 0.938 bits per heavy atom. The molecule has 0 saturated carbocycles. The van der Waals surface area contributed by atoms with Crippen molar-refractivity contribution >= 4 is 11.9 Å². The Morgan fingerprint density at radius 3 is 1.50 bits per heavy atom. The Balaban J connectivity index is 3.88. The first-order valence-corrected chi connectivity index (χ1v) is 4.72. The molecule has 4 nitrogen and oxygen atoms in total. The quantitative estimate of drug-likeness (QED) is 0.392. The lowest BCUT2D eigenvalue weighted by molar-refractivity contribution is -0.139. The molecule has 0 radical (unpaired) electrons. The molecule has 0 aliphatic rings. The second-order valence-electron chi connectivity index (χ2n) is 3.46. The topological polar surface area (TPSA) is 52.6 Å². The third-order valence-corrected chi connectivity index (χ3v) is 1.28. The van der Waals surface area contributed by atoms with Crippen LogP contribution in [-0.4, -0.2) is 25.2 Å². The van der Waals surface area contributed by atoms with Crippen LogP contribution < -0.4 is 0 Å². The largest absolute Gasteiger partial charge is 0.458 e. The second-order valence-corrected chi connectivity index (χ2v) is 3.46. The minimum atomic E-state index is -0.602. The smallest absolute Gasteiger partial charge is 0.331 e. The number of ether oxygens (including phenoxy) is 2. The van der Waals surface area contributed by atoms with Crippen molar-refractivity contribution in [1.29, 1.82) is 0 Å². The van der Waals surface area contributed by atoms with Crippen LogP contribution in [0.25, 0.3) is 0 Å². The summed E-state index contributed by atoms with van der Waals surface area (Å²) in [6.45, 7) is 10.9. The predicted octanol–water partition coefficient (Wildman–Crippen LogP) is 1.78. The van der Waals surface area contributed by atoms with Gasteiger partial charge in [0.2, 0.25) is 0 Å². The number of hydrogen-bond acceptors (Lipinski definition) is 4. The molecule has 0 unspecified atom stereocenters. The molecule has 0 N–H and O–H groups in total. The summed E-state index contributed by atoms with van der Waals surface area (Å²) in [6.07, 6.45) is 2.04. The van der Waals surface area contributed by atoms with Crippen molar-refractivity contribution in [3.05, 3.63) is 36.5 Å². The summed E-state index contributed by atoms with van der Waals surface area (Å²) in [6, 6.07) is 0. The summed E-state index contributed by atoms with van der Waals surface area (Å²) in [4.78, 5) is 22.0. The minimum absolute atomic E-state index is 0.143. The van der Waals surface area contributed by atoms with Gasteiger partial charge in [-0.3, -0.25) is 0 Å². The van der Waals surface area contributed by atoms with E-state index in [2.05, 4.69) is 13.2 Å². The van der Waals surface area contributed by atoms with E-state index in [1.165, 1.54) is 0 Å². The van der Waals surface area contributed by atoms with Crippen molar-refractivity contribution in [3.63, 3.8) is 0 Å². The van der Waals surface area contributed by atoms with Gasteiger partial charge in [-0.1, -0.05) is 13.2 Å². The van der Waals surface area contributed by atoms with Crippen LogP contribution in [0.4, 0.5) is 0 Å². The number of carbonyl (C=O) groups excluding carboxylic acids is 2. The normalized spacial score (nSPS) is 9.88. The van der Waals surface area contributed by atoms with Gasteiger partial charge in [0, 0.05) is 12.2 Å². The van der Waals surface area contributed by atoms with Gasteiger partial charge in [0.1, 0.15) is 13.2 Å². The van der Waals surface area contributed by atoms with Crippen molar-refractivity contribution in [2.45, 2.75) is 13.8 Å². The second kappa shape index (κ2) is 7.45. The molecule has 0 aromatic carbocycles. The molecule has 0 saturated heterocycles. The highest BCUT2D eigenvalue weighted by Crippen LogP contribution is 1.93. The lowest BCUT2D eigenvalue weighted by Crippen LogP contribution is -2.06. The molecule has 0 heterocycles. The molecular formula is C12H16O4. The van der Waals surface area contributed by atoms with E-state index in [1.54, 1.807) is 13.8 Å². The van der Waals surface area contributed by atoms with Crippen molar-refractivity contribution < 1.29 is 19.1 Å². The van der Waals surface area contributed by atoms with E-state index in [9.17, 15) is 9.59 Å². The molecule has 0 spiro atoms. The lowest BCUT2D eigenvalue weighted by atomic mass is 10.4. The van der Waals surface area contributed by atoms with Gasteiger partial charge in [-0.2, -0.15) is 0 Å². The zero-order valence-corrected chi connectivity index (χ0v) is 9.62. The molecule has 0 fully saturated rings. The first kappa shape index (κ1) is 14.2. The Hall–Kier alpha value is -1.84. The number of esters is 2. The molecule has 0 aromatic rings. The highest BCUT2D eigenvalue weighted by atomic mass is 16.5. The zero-order valence-electron chi connectivity index (χ0n) is 9.62. The maximum Gasteiger partial charge on any atom is 0.331 e. The first-order valence-electron chi connectivity index (χ1n) is 4.72. The van der Waals surface area contributed by atoms with Crippen LogP contribution in [-0.2, 0) is 19.1 Å². The summed E-state index contributed by atoms with van der Waals surface area (Å²) in [7, 11) is 0. The van der Waals surface area contributed by atoms with Gasteiger partial charge >= 0.3 is 11.9 Å². The van der Waals surface area contributed by atoms with Gasteiger partial charge in [0.25, 0.3) is 0 Å². The molecule has 0 bridgehead atoms. The van der Waals surface area contributed by atoms with E-state index in [0.717, 1.165) is 23.3 Å². The van der Waals surface area contributed by atoms with Crippen LogP contribution >= 0.6 is 0 Å². The summed E-state index contributed by atoms with van der Waals surface area (Å²) >= 11 is 0. The predicted molar refractivity (Wildman–Crippen MR) is 60.7 cm³/mol. The van der Waals surface area contributed by atoms with Gasteiger partial charge in [-0.15, -0.1) is 0 Å². The monoisotopic (exact) mass is 224 g/mol. The van der Waals surface area contributed by atoms with E-state index < -0.39 is 11.9 Å². The van der Waals surface area contributed by atoms with Crippen molar-refractivity contribution in [1.82, 2.24) is 0 Å². The molecule has 88 valence electrons. The third-order valence-electron chi connectivity index (χ3n) is 1.28. The summed E-state index contributed by atoms with van der Waals surface area (Å²) in [5, 5.41) is 0. The lowest BCUT2D eigenvalue weighted by Gasteiger charge is -2.01. The van der Waals surface area contributed by atoms with Crippen LogP contribution in [0.15, 0.2) is 36.5 Å². The highest BCUT2D eigenvalue weighted by Gasteiger charge is 2.00. The van der Waals surface area contributed by atoms with Gasteiger partial charge in [-0.25, -0.2) is 9.59 Å².